The number of nitrogens with one attached hydrogen (secondary N) is 1. The van der Waals surface area contributed by atoms with Crippen molar-refractivity contribution in [1.29, 1.82) is 0 Å². The van der Waals surface area contributed by atoms with Crippen LogP contribution in [-0.2, 0) is 0 Å². The van der Waals surface area contributed by atoms with Gasteiger partial charge in [0.2, 0.25) is 0 Å². The second kappa shape index (κ2) is 7.06. The van der Waals surface area contributed by atoms with Gasteiger partial charge in [-0.2, -0.15) is 0 Å². The molecule has 0 spiro atoms. The minimum atomic E-state index is 0.228. The Balaban J connectivity index is 2.22. The Labute approximate surface area is 138 Å². The highest BCUT2D eigenvalue weighted by atomic mass is 35.5. The largest absolute Gasteiger partial charge is 0.313 e. The monoisotopic (exact) mass is 345 g/mol. The zero-order valence-corrected chi connectivity index (χ0v) is 14.2. The predicted octanol–water partition coefficient (Wildman–Crippen LogP) is 6.08. The van der Waals surface area contributed by atoms with Gasteiger partial charge in [-0.25, -0.2) is 0 Å². The lowest BCUT2D eigenvalue weighted by Gasteiger charge is -2.13. The van der Waals surface area contributed by atoms with Crippen molar-refractivity contribution in [3.8, 4) is 0 Å². The summed E-state index contributed by atoms with van der Waals surface area (Å²) in [6.45, 7) is 2.08. The maximum atomic E-state index is 6.33. The summed E-state index contributed by atoms with van der Waals surface area (Å²) in [6.07, 6.45) is 0. The quantitative estimate of drug-likeness (QED) is 0.720. The second-order valence-corrected chi connectivity index (χ2v) is 6.74. The predicted molar refractivity (Wildman–Crippen MR) is 89.5 cm³/mol. The Morgan fingerprint density at radius 2 is 1.50 bits per heavy atom. The molecular weight excluding hydrogens is 333 g/mol. The van der Waals surface area contributed by atoms with Crippen molar-refractivity contribution in [3.05, 3.63) is 57.0 Å². The third-order valence-electron chi connectivity index (χ3n) is 3.00. The zero-order valence-electron chi connectivity index (χ0n) is 11.1. The lowest BCUT2D eigenvalue weighted by atomic mass is 10.1. The molecule has 0 aromatic heterocycles. The molecule has 0 radical (unpaired) electrons. The van der Waals surface area contributed by atoms with Crippen LogP contribution in [0.1, 0.15) is 18.5 Å². The van der Waals surface area contributed by atoms with Gasteiger partial charge in [0.15, 0.2) is 0 Å². The molecule has 2 aromatic carbocycles. The molecule has 0 aliphatic rings. The first kappa shape index (κ1) is 16.0. The molecule has 2 aromatic rings. The van der Waals surface area contributed by atoms with Crippen molar-refractivity contribution in [1.82, 2.24) is 5.32 Å². The first-order chi connectivity index (χ1) is 9.51. The summed E-state index contributed by atoms with van der Waals surface area (Å²) in [5.41, 5.74) is 1.09. The number of hydrogen-bond donors (Lipinski definition) is 1. The van der Waals surface area contributed by atoms with Crippen LogP contribution >= 0.6 is 46.6 Å². The van der Waals surface area contributed by atoms with E-state index >= 15 is 0 Å². The van der Waals surface area contributed by atoms with E-state index in [1.807, 2.05) is 31.3 Å². The molecule has 20 heavy (non-hydrogen) atoms. The summed E-state index contributed by atoms with van der Waals surface area (Å²) in [4.78, 5) is 2.10. The van der Waals surface area contributed by atoms with Gasteiger partial charge in [0.25, 0.3) is 0 Å². The van der Waals surface area contributed by atoms with Crippen LogP contribution in [0.15, 0.2) is 46.2 Å². The van der Waals surface area contributed by atoms with Gasteiger partial charge in [0.05, 0.1) is 10.0 Å². The van der Waals surface area contributed by atoms with Crippen molar-refractivity contribution in [2.75, 3.05) is 7.05 Å². The Morgan fingerprint density at radius 3 is 2.05 bits per heavy atom. The maximum Gasteiger partial charge on any atom is 0.0603 e. The Kier molecular flexibility index (Phi) is 5.65. The van der Waals surface area contributed by atoms with Crippen LogP contribution in [0.2, 0.25) is 15.1 Å². The van der Waals surface area contributed by atoms with Crippen LogP contribution in [0, 0.1) is 0 Å². The highest BCUT2D eigenvalue weighted by molar-refractivity contribution is 7.99. The molecule has 5 heteroatoms. The van der Waals surface area contributed by atoms with E-state index < -0.39 is 0 Å². The minimum absolute atomic E-state index is 0.228. The van der Waals surface area contributed by atoms with E-state index in [1.54, 1.807) is 17.8 Å². The van der Waals surface area contributed by atoms with Crippen molar-refractivity contribution in [2.24, 2.45) is 0 Å². The van der Waals surface area contributed by atoms with Crippen LogP contribution in [0.3, 0.4) is 0 Å². The average molecular weight is 347 g/mol. The number of rotatable bonds is 4. The van der Waals surface area contributed by atoms with E-state index in [1.165, 1.54) is 0 Å². The second-order valence-electron chi connectivity index (χ2n) is 4.37. The lowest BCUT2D eigenvalue weighted by molar-refractivity contribution is 0.652. The first-order valence-electron chi connectivity index (χ1n) is 6.11. The Hall–Kier alpha value is -0.380. The molecule has 0 saturated heterocycles. The fourth-order valence-electron chi connectivity index (χ4n) is 1.75. The Morgan fingerprint density at radius 1 is 0.900 bits per heavy atom. The van der Waals surface area contributed by atoms with Crippen LogP contribution < -0.4 is 5.32 Å². The molecule has 0 fully saturated rings. The molecule has 1 unspecified atom stereocenters. The normalized spacial score (nSPS) is 12.4. The topological polar surface area (TPSA) is 12.0 Å². The van der Waals surface area contributed by atoms with Crippen molar-refractivity contribution in [2.45, 2.75) is 22.8 Å². The van der Waals surface area contributed by atoms with E-state index in [2.05, 4.69) is 18.3 Å². The van der Waals surface area contributed by atoms with Crippen molar-refractivity contribution >= 4 is 46.6 Å². The lowest BCUT2D eigenvalue weighted by Crippen LogP contribution is -2.12. The van der Waals surface area contributed by atoms with E-state index in [4.69, 9.17) is 34.8 Å². The van der Waals surface area contributed by atoms with E-state index in [9.17, 15) is 0 Å². The van der Waals surface area contributed by atoms with Gasteiger partial charge >= 0.3 is 0 Å². The summed E-state index contributed by atoms with van der Waals surface area (Å²) in [5.74, 6) is 0. The minimum Gasteiger partial charge on any atom is -0.313 e. The molecule has 1 atom stereocenters. The van der Waals surface area contributed by atoms with Crippen molar-refractivity contribution in [3.63, 3.8) is 0 Å². The zero-order chi connectivity index (χ0) is 14.7. The molecule has 1 N–H and O–H groups in total. The molecule has 2 rings (SSSR count). The van der Waals surface area contributed by atoms with Crippen LogP contribution in [0.4, 0.5) is 0 Å². The summed E-state index contributed by atoms with van der Waals surface area (Å²) < 4.78 is 0. The Bertz CT molecular complexity index is 616. The van der Waals surface area contributed by atoms with E-state index in [0.29, 0.717) is 10.0 Å². The third kappa shape index (κ3) is 3.84. The van der Waals surface area contributed by atoms with Gasteiger partial charge in [0, 0.05) is 20.9 Å². The van der Waals surface area contributed by atoms with Crippen molar-refractivity contribution < 1.29 is 0 Å². The maximum absolute atomic E-state index is 6.33. The van der Waals surface area contributed by atoms with Gasteiger partial charge in [-0.1, -0.05) is 52.6 Å². The van der Waals surface area contributed by atoms with Gasteiger partial charge in [0.1, 0.15) is 0 Å². The smallest absolute Gasteiger partial charge is 0.0603 e. The standard InChI is InChI=1S/C15H14Cl3NS/c1-9(19-2)12-5-3-10(7-14(12)17)20-11-4-6-13(16)15(18)8-11/h3-9,19H,1-2H3. The molecule has 106 valence electrons. The summed E-state index contributed by atoms with van der Waals surface area (Å²) in [6, 6.07) is 11.9. The SMILES string of the molecule is CNC(C)c1ccc(Sc2ccc(Cl)c(Cl)c2)cc1Cl. The molecule has 0 amide bonds. The fourth-order valence-corrected chi connectivity index (χ4v) is 3.42. The molecule has 0 heterocycles. The third-order valence-corrected chi connectivity index (χ3v) is 5.04. The molecular formula is C15H14Cl3NS. The van der Waals surface area contributed by atoms with Crippen LogP contribution in [0.25, 0.3) is 0 Å². The molecule has 0 bridgehead atoms. The van der Waals surface area contributed by atoms with Gasteiger partial charge in [-0.15, -0.1) is 0 Å². The number of halogens is 3. The van der Waals surface area contributed by atoms with E-state index in [-0.39, 0.29) is 6.04 Å². The van der Waals surface area contributed by atoms with E-state index in [0.717, 1.165) is 20.4 Å². The number of hydrogen-bond acceptors (Lipinski definition) is 2. The number of benzene rings is 2. The van der Waals surface area contributed by atoms with Gasteiger partial charge in [-0.3, -0.25) is 0 Å². The van der Waals surface area contributed by atoms with Crippen LogP contribution in [-0.4, -0.2) is 7.05 Å². The highest BCUT2D eigenvalue weighted by Gasteiger charge is 2.09. The molecule has 1 nitrogen and oxygen atoms in total. The molecule has 0 aliphatic carbocycles. The summed E-state index contributed by atoms with van der Waals surface area (Å²) in [7, 11) is 1.92. The van der Waals surface area contributed by atoms with Gasteiger partial charge in [-0.05, 0) is 49.9 Å². The first-order valence-corrected chi connectivity index (χ1v) is 8.06. The summed E-state index contributed by atoms with van der Waals surface area (Å²) in [5, 5.41) is 5.06. The fraction of sp³-hybridized carbons (Fsp3) is 0.200. The average Bonchev–Trinajstić information content (AvgIpc) is 2.42. The highest BCUT2D eigenvalue weighted by Crippen LogP contribution is 2.35. The molecule has 0 aliphatic heterocycles. The van der Waals surface area contributed by atoms with Gasteiger partial charge < -0.3 is 5.32 Å². The summed E-state index contributed by atoms with van der Waals surface area (Å²) >= 11 is 19.9. The van der Waals surface area contributed by atoms with Crippen LogP contribution in [0.5, 0.6) is 0 Å². The molecule has 0 saturated carbocycles.